The number of rotatable bonds is 4. The van der Waals surface area contributed by atoms with E-state index in [1.54, 1.807) is 0 Å². The highest BCUT2D eigenvalue weighted by molar-refractivity contribution is 5.79. The van der Waals surface area contributed by atoms with Crippen LogP contribution in [0.15, 0.2) is 18.2 Å². The molecule has 19 heavy (non-hydrogen) atoms. The normalized spacial score (nSPS) is 20.3. The van der Waals surface area contributed by atoms with E-state index in [4.69, 9.17) is 4.74 Å². The summed E-state index contributed by atoms with van der Waals surface area (Å²) in [4.78, 5) is 12.0. The lowest BCUT2D eigenvalue weighted by molar-refractivity contribution is -0.125. The molecule has 1 amide bonds. The summed E-state index contributed by atoms with van der Waals surface area (Å²) in [6.45, 7) is 2.79. The third-order valence-electron chi connectivity index (χ3n) is 3.36. The fourth-order valence-corrected chi connectivity index (χ4v) is 2.21. The second kappa shape index (κ2) is 6.10. The maximum atomic E-state index is 13.7. The van der Waals surface area contributed by atoms with Crippen molar-refractivity contribution in [3.8, 4) is 0 Å². The second-order valence-corrected chi connectivity index (χ2v) is 4.70. The predicted octanol–water partition coefficient (Wildman–Crippen LogP) is 2.57. The van der Waals surface area contributed by atoms with Gasteiger partial charge in [0, 0.05) is 12.2 Å². The van der Waals surface area contributed by atoms with Gasteiger partial charge in [-0.15, -0.1) is 0 Å². The van der Waals surface area contributed by atoms with Crippen LogP contribution in [-0.2, 0) is 9.53 Å². The Bertz CT molecular complexity index is 459. The molecule has 2 rings (SSSR count). The van der Waals surface area contributed by atoms with Crippen LogP contribution >= 0.6 is 0 Å². The molecule has 0 bridgehead atoms. The van der Waals surface area contributed by atoms with Crippen LogP contribution < -0.4 is 5.32 Å². The Kier molecular flexibility index (Phi) is 4.47. The number of carbonyl (C=O) groups is 1. The van der Waals surface area contributed by atoms with E-state index in [9.17, 15) is 13.6 Å². The summed E-state index contributed by atoms with van der Waals surface area (Å²) in [6.07, 6.45) is 1.17. The number of carbonyl (C=O) groups excluding carboxylic acids is 1. The summed E-state index contributed by atoms with van der Waals surface area (Å²) in [7, 11) is 0. The van der Waals surface area contributed by atoms with Gasteiger partial charge in [0.1, 0.15) is 11.6 Å². The molecule has 1 heterocycles. The highest BCUT2D eigenvalue weighted by atomic mass is 19.1. The molecule has 104 valence electrons. The van der Waals surface area contributed by atoms with Crippen LogP contribution in [0, 0.1) is 17.6 Å². The molecule has 1 aromatic rings. The standard InChI is InChI=1S/C14H17F2NO2/c1-2-13(11-7-10(15)3-4-12(11)16)17-14(18)9-5-6-19-8-9/h3-4,7,9,13H,2,5-6,8H2,1H3,(H,17,18)/t9-,13+/m1/s1. The molecular weight excluding hydrogens is 252 g/mol. The summed E-state index contributed by atoms with van der Waals surface area (Å²) >= 11 is 0. The molecule has 1 fully saturated rings. The SMILES string of the molecule is CC[C@H](NC(=O)[C@@H]1CCOC1)c1cc(F)ccc1F. The molecule has 0 aromatic heterocycles. The Morgan fingerprint density at radius 3 is 2.95 bits per heavy atom. The second-order valence-electron chi connectivity index (χ2n) is 4.70. The lowest BCUT2D eigenvalue weighted by Gasteiger charge is -2.20. The van der Waals surface area contributed by atoms with Gasteiger partial charge >= 0.3 is 0 Å². The molecule has 0 spiro atoms. The van der Waals surface area contributed by atoms with Crippen LogP contribution in [0.4, 0.5) is 8.78 Å². The zero-order valence-corrected chi connectivity index (χ0v) is 10.8. The van der Waals surface area contributed by atoms with Crippen molar-refractivity contribution in [2.24, 2.45) is 5.92 Å². The van der Waals surface area contributed by atoms with E-state index < -0.39 is 17.7 Å². The summed E-state index contributed by atoms with van der Waals surface area (Å²) in [6, 6.07) is 2.77. The summed E-state index contributed by atoms with van der Waals surface area (Å²) in [5, 5.41) is 2.77. The molecule has 1 aliphatic rings. The monoisotopic (exact) mass is 269 g/mol. The van der Waals surface area contributed by atoms with Crippen molar-refractivity contribution in [1.82, 2.24) is 5.32 Å². The van der Waals surface area contributed by atoms with E-state index in [2.05, 4.69) is 5.32 Å². The maximum Gasteiger partial charge on any atom is 0.226 e. The molecule has 0 saturated carbocycles. The lowest BCUT2D eigenvalue weighted by Crippen LogP contribution is -2.34. The van der Waals surface area contributed by atoms with Gasteiger partial charge in [0.2, 0.25) is 5.91 Å². The largest absolute Gasteiger partial charge is 0.381 e. The number of amides is 1. The number of nitrogens with one attached hydrogen (secondary N) is 1. The van der Waals surface area contributed by atoms with Crippen molar-refractivity contribution in [1.29, 1.82) is 0 Å². The average molecular weight is 269 g/mol. The first-order valence-corrected chi connectivity index (χ1v) is 6.45. The fourth-order valence-electron chi connectivity index (χ4n) is 2.21. The maximum absolute atomic E-state index is 13.7. The molecule has 1 saturated heterocycles. The van der Waals surface area contributed by atoms with Gasteiger partial charge in [0.15, 0.2) is 0 Å². The average Bonchev–Trinajstić information content (AvgIpc) is 2.93. The molecule has 2 atom stereocenters. The zero-order valence-electron chi connectivity index (χ0n) is 10.8. The van der Waals surface area contributed by atoms with Gasteiger partial charge < -0.3 is 10.1 Å². The first-order chi connectivity index (χ1) is 9.11. The Hall–Kier alpha value is -1.49. The van der Waals surface area contributed by atoms with Gasteiger partial charge in [-0.2, -0.15) is 0 Å². The van der Waals surface area contributed by atoms with Gasteiger partial charge in [0.25, 0.3) is 0 Å². The molecule has 5 heteroatoms. The van der Waals surface area contributed by atoms with Gasteiger partial charge in [0.05, 0.1) is 18.6 Å². The molecule has 1 aliphatic heterocycles. The molecule has 1 aromatic carbocycles. The third-order valence-corrected chi connectivity index (χ3v) is 3.36. The van der Waals surface area contributed by atoms with Gasteiger partial charge in [-0.05, 0) is 31.0 Å². The molecule has 0 aliphatic carbocycles. The van der Waals surface area contributed by atoms with Gasteiger partial charge in [-0.25, -0.2) is 8.78 Å². The summed E-state index contributed by atoms with van der Waals surface area (Å²) in [5.41, 5.74) is 0.190. The number of halogens is 2. The topological polar surface area (TPSA) is 38.3 Å². The van der Waals surface area contributed by atoms with Gasteiger partial charge in [-0.1, -0.05) is 6.92 Å². The molecule has 0 radical (unpaired) electrons. The van der Waals surface area contributed by atoms with Gasteiger partial charge in [-0.3, -0.25) is 4.79 Å². The Labute approximate surface area is 111 Å². The van der Waals surface area contributed by atoms with E-state index in [0.717, 1.165) is 18.2 Å². The summed E-state index contributed by atoms with van der Waals surface area (Å²) < 4.78 is 32.0. The quantitative estimate of drug-likeness (QED) is 0.912. The van der Waals surface area contributed by atoms with Crippen molar-refractivity contribution in [3.05, 3.63) is 35.4 Å². The summed E-state index contributed by atoms with van der Waals surface area (Å²) in [5.74, 6) is -1.36. The smallest absolute Gasteiger partial charge is 0.226 e. The minimum Gasteiger partial charge on any atom is -0.381 e. The molecule has 1 N–H and O–H groups in total. The van der Waals surface area contributed by atoms with Crippen LogP contribution in [-0.4, -0.2) is 19.1 Å². The number of hydrogen-bond donors (Lipinski definition) is 1. The van der Waals surface area contributed by atoms with Crippen molar-refractivity contribution in [2.75, 3.05) is 13.2 Å². The number of benzene rings is 1. The molecular formula is C14H17F2NO2. The number of hydrogen-bond acceptors (Lipinski definition) is 2. The lowest BCUT2D eigenvalue weighted by atomic mass is 10.0. The van der Waals surface area contributed by atoms with Crippen molar-refractivity contribution in [3.63, 3.8) is 0 Å². The van der Waals surface area contributed by atoms with E-state index in [1.807, 2.05) is 6.92 Å². The highest BCUT2D eigenvalue weighted by Crippen LogP contribution is 2.22. The Morgan fingerprint density at radius 2 is 2.32 bits per heavy atom. The first-order valence-electron chi connectivity index (χ1n) is 6.45. The van der Waals surface area contributed by atoms with Crippen molar-refractivity contribution in [2.45, 2.75) is 25.8 Å². The molecule has 0 unspecified atom stereocenters. The Balaban J connectivity index is 2.10. The Morgan fingerprint density at radius 1 is 1.53 bits per heavy atom. The predicted molar refractivity (Wildman–Crippen MR) is 66.5 cm³/mol. The van der Waals surface area contributed by atoms with E-state index in [1.165, 1.54) is 0 Å². The van der Waals surface area contributed by atoms with Crippen LogP contribution in [0.1, 0.15) is 31.4 Å². The molecule has 3 nitrogen and oxygen atoms in total. The van der Waals surface area contributed by atoms with Crippen molar-refractivity contribution >= 4 is 5.91 Å². The zero-order chi connectivity index (χ0) is 13.8. The van der Waals surface area contributed by atoms with Crippen LogP contribution in [0.3, 0.4) is 0 Å². The van der Waals surface area contributed by atoms with E-state index >= 15 is 0 Å². The first kappa shape index (κ1) is 13.9. The highest BCUT2D eigenvalue weighted by Gasteiger charge is 2.26. The fraction of sp³-hybridized carbons (Fsp3) is 0.500. The minimum absolute atomic E-state index is 0.159. The van der Waals surface area contributed by atoms with E-state index in [-0.39, 0.29) is 17.4 Å². The third kappa shape index (κ3) is 3.29. The van der Waals surface area contributed by atoms with Crippen LogP contribution in [0.2, 0.25) is 0 Å². The van der Waals surface area contributed by atoms with Crippen molar-refractivity contribution < 1.29 is 18.3 Å². The minimum atomic E-state index is -0.510. The van der Waals surface area contributed by atoms with Crippen LogP contribution in [0.5, 0.6) is 0 Å². The van der Waals surface area contributed by atoms with E-state index in [0.29, 0.717) is 26.1 Å². The number of ether oxygens (including phenoxy) is 1. The van der Waals surface area contributed by atoms with Crippen LogP contribution in [0.25, 0.3) is 0 Å².